The van der Waals surface area contributed by atoms with E-state index in [1.54, 1.807) is 12.1 Å². The van der Waals surface area contributed by atoms with Gasteiger partial charge in [0.15, 0.2) is 10.9 Å². The van der Waals surface area contributed by atoms with Crippen molar-refractivity contribution in [2.45, 2.75) is 31.2 Å². The highest BCUT2D eigenvalue weighted by atomic mass is 32.2. The number of hydrogen-bond acceptors (Lipinski definition) is 8. The first-order chi connectivity index (χ1) is 12.5. The molecule has 0 saturated heterocycles. The molecule has 0 unspecified atom stereocenters. The lowest BCUT2D eigenvalue weighted by Gasteiger charge is -2.14. The second-order valence-electron chi connectivity index (χ2n) is 5.29. The summed E-state index contributed by atoms with van der Waals surface area (Å²) in [6.45, 7) is 6.51. The zero-order valence-corrected chi connectivity index (χ0v) is 15.8. The fourth-order valence-corrected chi connectivity index (χ4v) is 2.86. The predicted octanol–water partition coefficient (Wildman–Crippen LogP) is 2.42. The van der Waals surface area contributed by atoms with Gasteiger partial charge in [-0.2, -0.15) is 15.0 Å². The molecule has 138 valence electrons. The average molecular weight is 374 g/mol. The summed E-state index contributed by atoms with van der Waals surface area (Å²) in [4.78, 5) is 37.3. The second kappa shape index (κ2) is 9.71. The number of carbonyl (C=O) groups is 2. The molecule has 0 saturated carbocycles. The number of benzene rings is 1. The van der Waals surface area contributed by atoms with Crippen LogP contribution >= 0.6 is 11.8 Å². The van der Waals surface area contributed by atoms with Crippen LogP contribution in [0.5, 0.6) is 0 Å². The van der Waals surface area contributed by atoms with Crippen LogP contribution in [0.2, 0.25) is 0 Å². The van der Waals surface area contributed by atoms with Crippen molar-refractivity contribution in [1.29, 1.82) is 0 Å². The number of ketones is 1. The van der Waals surface area contributed by atoms with Crippen LogP contribution in [0.3, 0.4) is 0 Å². The molecule has 2 aromatic rings. The maximum Gasteiger partial charge on any atom is 0.245 e. The monoisotopic (exact) mass is 374 g/mol. The molecule has 0 aliphatic carbocycles. The molecule has 0 aliphatic heterocycles. The minimum absolute atomic E-state index is 0.279. The molecule has 26 heavy (non-hydrogen) atoms. The van der Waals surface area contributed by atoms with Crippen LogP contribution in [0.25, 0.3) is 0 Å². The molecular formula is C17H22N6O2S. The van der Waals surface area contributed by atoms with E-state index in [9.17, 15) is 9.59 Å². The van der Waals surface area contributed by atoms with Gasteiger partial charge in [-0.05, 0) is 32.9 Å². The third-order valence-electron chi connectivity index (χ3n) is 3.16. The van der Waals surface area contributed by atoms with Gasteiger partial charge in [-0.25, -0.2) is 0 Å². The summed E-state index contributed by atoms with van der Waals surface area (Å²) in [7, 11) is 0. The van der Waals surface area contributed by atoms with Crippen molar-refractivity contribution in [2.75, 3.05) is 29.0 Å². The summed E-state index contributed by atoms with van der Waals surface area (Å²) in [6.07, 6.45) is 0. The Labute approximate surface area is 156 Å². The summed E-state index contributed by atoms with van der Waals surface area (Å²) < 4.78 is 0. The summed E-state index contributed by atoms with van der Waals surface area (Å²) >= 11 is 1.00. The molecule has 0 fully saturated rings. The van der Waals surface area contributed by atoms with Crippen molar-refractivity contribution in [3.8, 4) is 0 Å². The second-order valence-corrected chi connectivity index (χ2v) is 6.36. The van der Waals surface area contributed by atoms with Gasteiger partial charge >= 0.3 is 0 Å². The summed E-state index contributed by atoms with van der Waals surface area (Å²) in [5, 5.41) is 8.12. The summed E-state index contributed by atoms with van der Waals surface area (Å²) in [5.41, 5.74) is 0.627. The van der Waals surface area contributed by atoms with E-state index in [2.05, 4.69) is 30.9 Å². The molecule has 1 amide bonds. The van der Waals surface area contributed by atoms with Crippen molar-refractivity contribution >= 4 is 41.0 Å². The van der Waals surface area contributed by atoms with Gasteiger partial charge in [0, 0.05) is 18.8 Å². The van der Waals surface area contributed by atoms with E-state index in [1.807, 2.05) is 32.0 Å². The highest BCUT2D eigenvalue weighted by Gasteiger charge is 2.26. The van der Waals surface area contributed by atoms with Crippen LogP contribution in [0.15, 0.2) is 35.5 Å². The van der Waals surface area contributed by atoms with E-state index in [0.717, 1.165) is 11.8 Å². The molecular weight excluding hydrogens is 352 g/mol. The Morgan fingerprint density at radius 1 is 1.00 bits per heavy atom. The molecule has 3 N–H and O–H groups in total. The number of Topliss-reactive ketones (excluding diaryl/α,β-unsaturated/α-hetero) is 1. The Bertz CT molecular complexity index is 732. The molecule has 2 rings (SSSR count). The Balaban J connectivity index is 2.20. The quantitative estimate of drug-likeness (QED) is 0.453. The number of hydrogen-bond donors (Lipinski definition) is 3. The molecule has 1 atom stereocenters. The van der Waals surface area contributed by atoms with Crippen LogP contribution in [0, 0.1) is 0 Å². The third-order valence-corrected chi connectivity index (χ3v) is 4.33. The van der Waals surface area contributed by atoms with Gasteiger partial charge in [-0.3, -0.25) is 9.59 Å². The Morgan fingerprint density at radius 2 is 1.58 bits per heavy atom. The normalized spacial score (nSPS) is 11.5. The highest BCUT2D eigenvalue weighted by molar-refractivity contribution is 8.01. The predicted molar refractivity (Wildman–Crippen MR) is 104 cm³/mol. The van der Waals surface area contributed by atoms with Crippen molar-refractivity contribution < 1.29 is 9.59 Å². The lowest BCUT2D eigenvalue weighted by molar-refractivity contribution is -0.123. The number of amides is 1. The standard InChI is InChI=1S/C17H22N6O2S/c1-4-18-15-21-16(19-5-2)23-17(22-15)26-13(11(3)24)14(25)20-12-9-7-6-8-10-12/h6-10,13H,4-5H2,1-3H3,(H,20,25)(H2,18,19,21,22,23)/t13-/m1/s1. The van der Waals surface area contributed by atoms with Crippen LogP contribution in [-0.2, 0) is 9.59 Å². The minimum Gasteiger partial charge on any atom is -0.354 e. The van der Waals surface area contributed by atoms with E-state index in [0.29, 0.717) is 35.8 Å². The average Bonchev–Trinajstić information content (AvgIpc) is 2.60. The smallest absolute Gasteiger partial charge is 0.245 e. The van der Waals surface area contributed by atoms with Gasteiger partial charge in [0.2, 0.25) is 17.8 Å². The zero-order valence-electron chi connectivity index (χ0n) is 14.9. The van der Waals surface area contributed by atoms with Gasteiger partial charge < -0.3 is 16.0 Å². The zero-order chi connectivity index (χ0) is 18.9. The fourth-order valence-electron chi connectivity index (χ4n) is 2.04. The van der Waals surface area contributed by atoms with E-state index >= 15 is 0 Å². The Morgan fingerprint density at radius 3 is 2.08 bits per heavy atom. The SMILES string of the molecule is CCNc1nc(NCC)nc(S[C@H](C(C)=O)C(=O)Nc2ccccc2)n1. The van der Waals surface area contributed by atoms with Gasteiger partial charge in [-0.15, -0.1) is 0 Å². The molecule has 0 spiro atoms. The maximum absolute atomic E-state index is 12.5. The molecule has 9 heteroatoms. The number of thioether (sulfide) groups is 1. The van der Waals surface area contributed by atoms with Gasteiger partial charge in [0.05, 0.1) is 0 Å². The number of nitrogens with one attached hydrogen (secondary N) is 3. The van der Waals surface area contributed by atoms with Crippen LogP contribution in [0.4, 0.5) is 17.6 Å². The first-order valence-corrected chi connectivity index (χ1v) is 9.18. The van der Waals surface area contributed by atoms with Gasteiger partial charge in [0.25, 0.3) is 0 Å². The lowest BCUT2D eigenvalue weighted by atomic mass is 10.2. The molecule has 0 aliphatic rings. The summed E-state index contributed by atoms with van der Waals surface area (Å²) in [5.74, 6) is 0.0985. The van der Waals surface area contributed by atoms with Gasteiger partial charge in [-0.1, -0.05) is 30.0 Å². The fraction of sp³-hybridized carbons (Fsp3) is 0.353. The van der Waals surface area contributed by atoms with Crippen molar-refractivity contribution in [3.05, 3.63) is 30.3 Å². The molecule has 1 aromatic carbocycles. The molecule has 0 radical (unpaired) electrons. The van der Waals surface area contributed by atoms with Crippen molar-refractivity contribution in [3.63, 3.8) is 0 Å². The van der Waals surface area contributed by atoms with Crippen LogP contribution in [0.1, 0.15) is 20.8 Å². The first kappa shape index (κ1) is 19.6. The molecule has 8 nitrogen and oxygen atoms in total. The van der Waals surface area contributed by atoms with Gasteiger partial charge in [0.1, 0.15) is 5.25 Å². The van der Waals surface area contributed by atoms with Crippen LogP contribution < -0.4 is 16.0 Å². The van der Waals surface area contributed by atoms with E-state index in [1.165, 1.54) is 6.92 Å². The Kier molecular flexibility index (Phi) is 7.34. The minimum atomic E-state index is -0.957. The largest absolute Gasteiger partial charge is 0.354 e. The maximum atomic E-state index is 12.5. The third kappa shape index (κ3) is 5.69. The topological polar surface area (TPSA) is 109 Å². The number of nitrogens with zero attached hydrogens (tertiary/aromatic N) is 3. The van der Waals surface area contributed by atoms with Crippen molar-refractivity contribution in [1.82, 2.24) is 15.0 Å². The lowest BCUT2D eigenvalue weighted by Crippen LogP contribution is -2.31. The van der Waals surface area contributed by atoms with Crippen molar-refractivity contribution in [2.24, 2.45) is 0 Å². The van der Waals surface area contributed by atoms with Crippen LogP contribution in [-0.4, -0.2) is 45.0 Å². The Hall–Kier alpha value is -2.68. The first-order valence-electron chi connectivity index (χ1n) is 8.30. The molecule has 1 heterocycles. The van der Waals surface area contributed by atoms with E-state index in [4.69, 9.17) is 0 Å². The number of para-hydroxylation sites is 1. The number of rotatable bonds is 9. The number of anilines is 3. The highest BCUT2D eigenvalue weighted by Crippen LogP contribution is 2.24. The summed E-state index contributed by atoms with van der Waals surface area (Å²) in [6, 6.07) is 8.98. The molecule has 0 bridgehead atoms. The van der Waals surface area contributed by atoms with E-state index < -0.39 is 11.2 Å². The number of aromatic nitrogens is 3. The van der Waals surface area contributed by atoms with E-state index in [-0.39, 0.29) is 5.78 Å². The number of carbonyl (C=O) groups excluding carboxylic acids is 2. The molecule has 1 aromatic heterocycles.